The molecule has 71 valence electrons. The van der Waals surface area contributed by atoms with Crippen LogP contribution in [0, 0.1) is 60.3 Å². The van der Waals surface area contributed by atoms with Crippen LogP contribution in [0.25, 0.3) is 0 Å². The molecule has 0 aliphatic carbocycles. The molecule has 5 heteroatoms. The van der Waals surface area contributed by atoms with E-state index < -0.39 is 0 Å². The van der Waals surface area contributed by atoms with E-state index >= 15 is 0 Å². The molecular weight excluding hydrogens is 585 g/mol. The zero-order valence-corrected chi connectivity index (χ0v) is 16.5. The van der Waals surface area contributed by atoms with E-state index in [2.05, 4.69) is 10.2 Å². The first-order chi connectivity index (χ1) is 2.89. The molecule has 0 aliphatic rings. The first kappa shape index (κ1) is 37.5. The predicted octanol–water partition coefficient (Wildman–Crippen LogP) is 2.06. The number of nitrogens with zero attached hydrogens (tertiary/aromatic N) is 1. The molecule has 1 radical (unpaired) electrons. The van der Waals surface area contributed by atoms with Crippen molar-refractivity contribution in [2.45, 2.75) is 6.92 Å². The van der Waals surface area contributed by atoms with Crippen molar-refractivity contribution in [3.05, 3.63) is 40.2 Å². The van der Waals surface area contributed by atoms with Crippen LogP contribution >= 0.6 is 0 Å². The minimum Gasteiger partial charge on any atom is -0.358 e. The number of rotatable bonds is 0. The molecule has 0 saturated carbocycles. The number of aromatic amines is 1. The molecule has 0 fully saturated rings. The number of nitrogens with one attached hydrogen (secondary N) is 1. The summed E-state index contributed by atoms with van der Waals surface area (Å²) in [4.78, 5) is 0. The molecule has 0 unspecified atom stereocenters. The van der Waals surface area contributed by atoms with Gasteiger partial charge in [0.25, 0.3) is 0 Å². The van der Waals surface area contributed by atoms with Gasteiger partial charge >= 0.3 is 0 Å². The molecular formula is C7H15N2UVW-3. The molecule has 0 amide bonds. The minimum absolute atomic E-state index is 0. The second kappa shape index (κ2) is 22.9. The maximum Gasteiger partial charge on any atom is 0.0489 e. The summed E-state index contributed by atoms with van der Waals surface area (Å²) in [6, 6.07) is 1.92. The van der Waals surface area contributed by atoms with Crippen LogP contribution in [-0.4, -0.2) is 10.2 Å². The first-order valence-corrected chi connectivity index (χ1v) is 1.85. The van der Waals surface area contributed by atoms with Crippen LogP contribution in [0.1, 0.15) is 5.69 Å². The molecule has 0 bridgehead atoms. The summed E-state index contributed by atoms with van der Waals surface area (Å²) >= 11 is 0. The number of hydrogen-bond donors (Lipinski definition) is 1. The van der Waals surface area contributed by atoms with Crippen molar-refractivity contribution in [2.24, 2.45) is 0 Å². The molecule has 1 aromatic rings. The Morgan fingerprint density at radius 2 is 1.67 bits per heavy atom. The summed E-state index contributed by atoms with van der Waals surface area (Å²) in [6.07, 6.45) is 1.73. The van der Waals surface area contributed by atoms with E-state index in [1.165, 1.54) is 0 Å². The van der Waals surface area contributed by atoms with E-state index in [4.69, 9.17) is 0 Å². The molecule has 12 heavy (non-hydrogen) atoms. The van der Waals surface area contributed by atoms with E-state index in [1.807, 2.05) is 13.0 Å². The van der Waals surface area contributed by atoms with E-state index in [9.17, 15) is 0 Å². The Morgan fingerprint density at radius 3 is 1.75 bits per heavy atom. The summed E-state index contributed by atoms with van der Waals surface area (Å²) in [6.45, 7) is 1.97. The summed E-state index contributed by atoms with van der Waals surface area (Å²) in [7, 11) is 0. The van der Waals surface area contributed by atoms with Gasteiger partial charge < -0.3 is 22.3 Å². The van der Waals surface area contributed by atoms with Crippen molar-refractivity contribution < 1.29 is 70.7 Å². The Hall–Kier alpha value is 1.53. The molecule has 0 spiro atoms. The average molecular weight is 600 g/mol. The Kier molecular flexibility index (Phi) is 71.5. The Bertz CT molecular complexity index is 125. The van der Waals surface area contributed by atoms with Gasteiger partial charge in [0.1, 0.15) is 0 Å². The molecule has 0 aromatic carbocycles. The normalized spacial score (nSPS) is 4.42. The molecule has 0 aliphatic heterocycles. The van der Waals surface area contributed by atoms with Gasteiger partial charge in [0.05, 0.1) is 0 Å². The van der Waals surface area contributed by atoms with Gasteiger partial charge in [-0.3, -0.25) is 5.10 Å². The number of aromatic nitrogens is 2. The summed E-state index contributed by atoms with van der Waals surface area (Å²) in [5.74, 6) is 0. The Morgan fingerprint density at radius 1 is 1.25 bits per heavy atom. The maximum absolute atomic E-state index is 3.70. The monoisotopic (exact) mass is 600 g/mol. The Labute approximate surface area is 127 Å². The second-order valence-electron chi connectivity index (χ2n) is 1.24. The van der Waals surface area contributed by atoms with Crippen molar-refractivity contribution in [3.63, 3.8) is 0 Å². The van der Waals surface area contributed by atoms with Crippen LogP contribution in [0.2, 0.25) is 0 Å². The van der Waals surface area contributed by atoms with Crippen molar-refractivity contribution in [1.82, 2.24) is 10.2 Å². The van der Waals surface area contributed by atoms with Crippen LogP contribution in [0.15, 0.2) is 12.3 Å². The third-order valence-electron chi connectivity index (χ3n) is 0.640. The summed E-state index contributed by atoms with van der Waals surface area (Å²) in [5.41, 5.74) is 1.11. The molecule has 1 heterocycles. The van der Waals surface area contributed by atoms with Gasteiger partial charge in [-0.15, -0.1) is 0 Å². The SMILES string of the molecule is Cc1ccn[nH]1.[CH3-].[CH3-].[CH3-].[U].[V].[W]. The van der Waals surface area contributed by atoms with Crippen LogP contribution in [0.4, 0.5) is 0 Å². The first-order valence-electron chi connectivity index (χ1n) is 1.85. The van der Waals surface area contributed by atoms with Gasteiger partial charge in [-0.1, -0.05) is 0 Å². The van der Waals surface area contributed by atoms with E-state index in [-0.39, 0.29) is 93.0 Å². The largest absolute Gasteiger partial charge is 0.358 e. The number of hydrogen-bond acceptors (Lipinski definition) is 1. The van der Waals surface area contributed by atoms with Crippen molar-refractivity contribution in [3.8, 4) is 0 Å². The fraction of sp³-hybridized carbons (Fsp3) is 0.143. The van der Waals surface area contributed by atoms with E-state index in [1.54, 1.807) is 6.20 Å². The maximum atomic E-state index is 3.70. The quantitative estimate of drug-likeness (QED) is 0.455. The third kappa shape index (κ3) is 17.6. The van der Waals surface area contributed by atoms with Gasteiger partial charge in [-0.05, 0) is 13.0 Å². The fourth-order valence-electron chi connectivity index (χ4n) is 0.325. The van der Waals surface area contributed by atoms with Crippen molar-refractivity contribution >= 4 is 0 Å². The van der Waals surface area contributed by atoms with Crippen LogP contribution in [-0.2, 0) is 39.6 Å². The minimum atomic E-state index is 0. The summed E-state index contributed by atoms with van der Waals surface area (Å²) < 4.78 is 0. The molecule has 0 atom stereocenters. The van der Waals surface area contributed by atoms with E-state index in [0.717, 1.165) is 5.69 Å². The number of H-pyrrole nitrogens is 1. The van der Waals surface area contributed by atoms with Gasteiger partial charge in [-0.2, -0.15) is 5.10 Å². The molecule has 1 aromatic heterocycles. The van der Waals surface area contributed by atoms with Crippen molar-refractivity contribution in [2.75, 3.05) is 0 Å². The Balaban J connectivity index is -0.0000000150. The molecule has 1 N–H and O–H groups in total. The van der Waals surface area contributed by atoms with Gasteiger partial charge in [0.2, 0.25) is 0 Å². The van der Waals surface area contributed by atoms with E-state index in [0.29, 0.717) is 0 Å². The van der Waals surface area contributed by atoms with Crippen LogP contribution < -0.4 is 0 Å². The third-order valence-corrected chi connectivity index (χ3v) is 0.640. The second-order valence-corrected chi connectivity index (χ2v) is 1.24. The standard InChI is InChI=1S/C4H6N2.3CH3.U.V.W/c1-4-2-3-5-6-4;;;;;;/h2-3H,1H3,(H,5,6);3*1H3;;;/q;3*-1;;;. The topological polar surface area (TPSA) is 28.7 Å². The van der Waals surface area contributed by atoms with Crippen LogP contribution in [0.5, 0.6) is 0 Å². The van der Waals surface area contributed by atoms with Crippen LogP contribution in [0.3, 0.4) is 0 Å². The smallest absolute Gasteiger partial charge is 0.0489 e. The predicted molar refractivity (Wildman–Crippen MR) is 42.6 cm³/mol. The van der Waals surface area contributed by atoms with Gasteiger partial charge in [-0.25, -0.2) is 0 Å². The zero-order valence-electron chi connectivity index (χ0n) is 7.96. The average Bonchev–Trinajstić information content (AvgIpc) is 1.86. The molecule has 2 nitrogen and oxygen atoms in total. The van der Waals surface area contributed by atoms with Gasteiger partial charge in [0.15, 0.2) is 0 Å². The summed E-state index contributed by atoms with van der Waals surface area (Å²) in [5, 5.41) is 6.45. The van der Waals surface area contributed by atoms with Crippen molar-refractivity contribution in [1.29, 1.82) is 0 Å². The number of aryl methyl sites for hydroxylation is 1. The molecule has 0 saturated heterocycles. The fourth-order valence-corrected chi connectivity index (χ4v) is 0.325. The zero-order chi connectivity index (χ0) is 4.41. The molecule has 1 rings (SSSR count). The van der Waals surface area contributed by atoms with Gasteiger partial charge in [0, 0.05) is 82.6 Å².